The predicted octanol–water partition coefficient (Wildman–Crippen LogP) is 3.18. The lowest BCUT2D eigenvalue weighted by Crippen LogP contribution is -2.47. The molecule has 26 heavy (non-hydrogen) atoms. The molecule has 0 saturated carbocycles. The van der Waals surface area contributed by atoms with Crippen LogP contribution in [0.2, 0.25) is 5.02 Å². The fourth-order valence-electron chi connectivity index (χ4n) is 3.32. The van der Waals surface area contributed by atoms with Crippen LogP contribution in [0.3, 0.4) is 0 Å². The fourth-order valence-corrected chi connectivity index (χ4v) is 3.45. The second kappa shape index (κ2) is 7.09. The minimum absolute atomic E-state index is 0.125. The maximum absolute atomic E-state index is 12.5. The third-order valence-electron chi connectivity index (χ3n) is 4.87. The number of nitrogens with zero attached hydrogens (tertiary/aromatic N) is 2. The zero-order valence-corrected chi connectivity index (χ0v) is 15.1. The molecule has 2 aliphatic heterocycles. The number of carbonyl (C=O) groups excluding carboxylic acids is 1. The van der Waals surface area contributed by atoms with Crippen LogP contribution in [0, 0.1) is 0 Å². The van der Waals surface area contributed by atoms with Gasteiger partial charge in [0.1, 0.15) is 0 Å². The maximum Gasteiger partial charge on any atom is 0.226 e. The molecule has 0 unspecified atom stereocenters. The van der Waals surface area contributed by atoms with E-state index in [4.69, 9.17) is 21.4 Å². The lowest BCUT2D eigenvalue weighted by Gasteiger charge is -2.35. The summed E-state index contributed by atoms with van der Waals surface area (Å²) in [4.78, 5) is 25.0. The second-order valence-corrected chi connectivity index (χ2v) is 7.10. The van der Waals surface area contributed by atoms with Crippen LogP contribution >= 0.6 is 11.6 Å². The van der Waals surface area contributed by atoms with Crippen molar-refractivity contribution in [2.24, 2.45) is 4.99 Å². The smallest absolute Gasteiger partial charge is 0.226 e. The first-order valence-corrected chi connectivity index (χ1v) is 9.13. The first kappa shape index (κ1) is 17.1. The molecule has 2 aromatic carbocycles. The Morgan fingerprint density at radius 1 is 1.12 bits per heavy atom. The van der Waals surface area contributed by atoms with Gasteiger partial charge in [-0.25, -0.2) is 15.3 Å². The van der Waals surface area contributed by atoms with Crippen LogP contribution in [0.4, 0.5) is 0 Å². The van der Waals surface area contributed by atoms with Gasteiger partial charge in [-0.15, -0.1) is 0 Å². The first-order chi connectivity index (χ1) is 12.6. The van der Waals surface area contributed by atoms with E-state index in [2.05, 4.69) is 5.48 Å². The molecular formula is C20H20ClN3O2. The first-order valence-electron chi connectivity index (χ1n) is 8.75. The molecule has 0 radical (unpaired) electrons. The van der Waals surface area contributed by atoms with Crippen molar-refractivity contribution in [3.63, 3.8) is 0 Å². The Morgan fingerprint density at radius 2 is 1.81 bits per heavy atom. The number of halogens is 1. The van der Waals surface area contributed by atoms with E-state index < -0.39 is 5.72 Å². The van der Waals surface area contributed by atoms with E-state index in [9.17, 15) is 4.79 Å². The van der Waals surface area contributed by atoms with E-state index in [-0.39, 0.29) is 5.91 Å². The molecule has 1 amide bonds. The van der Waals surface area contributed by atoms with Gasteiger partial charge in [-0.1, -0.05) is 54.1 Å². The SMILES string of the molecule is O=C(Cc1ccc(Cl)cc1)N1CCC2(CC1)N=C(c1ccccc1)NO2. The Morgan fingerprint density at radius 3 is 2.50 bits per heavy atom. The molecule has 0 bridgehead atoms. The molecule has 2 aromatic rings. The van der Waals surface area contributed by atoms with Crippen molar-refractivity contribution in [1.29, 1.82) is 0 Å². The summed E-state index contributed by atoms with van der Waals surface area (Å²) in [6.07, 6.45) is 1.76. The number of nitrogens with one attached hydrogen (secondary N) is 1. The van der Waals surface area contributed by atoms with Gasteiger partial charge in [0.05, 0.1) is 6.42 Å². The summed E-state index contributed by atoms with van der Waals surface area (Å²) in [5, 5.41) is 0.680. The minimum Gasteiger partial charge on any atom is -0.342 e. The number of hydroxylamine groups is 1. The molecule has 6 heteroatoms. The summed E-state index contributed by atoms with van der Waals surface area (Å²) in [6.45, 7) is 1.28. The Bertz CT molecular complexity index is 813. The van der Waals surface area contributed by atoms with Gasteiger partial charge in [-0.3, -0.25) is 4.79 Å². The van der Waals surface area contributed by atoms with E-state index >= 15 is 0 Å². The highest BCUT2D eigenvalue weighted by Gasteiger charge is 2.41. The molecule has 134 valence electrons. The van der Waals surface area contributed by atoms with Crippen molar-refractivity contribution < 1.29 is 9.63 Å². The fraction of sp³-hybridized carbons (Fsp3) is 0.300. The number of amidine groups is 1. The number of rotatable bonds is 3. The average Bonchev–Trinajstić information content (AvgIpc) is 3.08. The van der Waals surface area contributed by atoms with E-state index in [1.54, 1.807) is 0 Å². The van der Waals surface area contributed by atoms with Crippen molar-refractivity contribution in [2.75, 3.05) is 13.1 Å². The number of carbonyl (C=O) groups is 1. The molecule has 2 aliphatic rings. The Balaban J connectivity index is 1.37. The Labute approximate surface area is 157 Å². The largest absolute Gasteiger partial charge is 0.342 e. The van der Waals surface area contributed by atoms with Gasteiger partial charge < -0.3 is 4.90 Å². The highest BCUT2D eigenvalue weighted by Crippen LogP contribution is 2.31. The zero-order chi connectivity index (χ0) is 18.0. The topological polar surface area (TPSA) is 53.9 Å². The molecule has 1 saturated heterocycles. The summed E-state index contributed by atoms with van der Waals surface area (Å²) in [5.74, 6) is 0.881. The molecule has 4 rings (SSSR count). The normalized spacial score (nSPS) is 18.5. The Hall–Kier alpha value is -2.37. The summed E-state index contributed by atoms with van der Waals surface area (Å²) >= 11 is 5.89. The lowest BCUT2D eigenvalue weighted by atomic mass is 10.00. The summed E-state index contributed by atoms with van der Waals surface area (Å²) in [5.41, 5.74) is 4.37. The van der Waals surface area contributed by atoms with Crippen LogP contribution in [0.1, 0.15) is 24.0 Å². The maximum atomic E-state index is 12.5. The molecular weight excluding hydrogens is 350 g/mol. The average molecular weight is 370 g/mol. The van der Waals surface area contributed by atoms with Gasteiger partial charge in [0.2, 0.25) is 5.91 Å². The molecule has 0 aromatic heterocycles. The van der Waals surface area contributed by atoms with Crippen LogP contribution in [-0.2, 0) is 16.1 Å². The van der Waals surface area contributed by atoms with E-state index in [0.29, 0.717) is 37.4 Å². The van der Waals surface area contributed by atoms with Crippen LogP contribution in [0.5, 0.6) is 0 Å². The van der Waals surface area contributed by atoms with Gasteiger partial charge in [-0.2, -0.15) is 0 Å². The molecule has 1 N–H and O–H groups in total. The van der Waals surface area contributed by atoms with Gasteiger partial charge >= 0.3 is 0 Å². The Kier molecular flexibility index (Phi) is 4.66. The molecule has 1 spiro atoms. The zero-order valence-electron chi connectivity index (χ0n) is 14.3. The number of hydrogen-bond donors (Lipinski definition) is 1. The summed E-state index contributed by atoms with van der Waals surface area (Å²) < 4.78 is 0. The van der Waals surface area contributed by atoms with Crippen LogP contribution < -0.4 is 5.48 Å². The number of hydrogen-bond acceptors (Lipinski definition) is 4. The monoisotopic (exact) mass is 369 g/mol. The second-order valence-electron chi connectivity index (χ2n) is 6.66. The van der Waals surface area contributed by atoms with Gasteiger partial charge in [0.25, 0.3) is 0 Å². The number of benzene rings is 2. The van der Waals surface area contributed by atoms with Crippen molar-refractivity contribution in [2.45, 2.75) is 25.0 Å². The number of aliphatic imine (C=N–C) groups is 1. The van der Waals surface area contributed by atoms with Crippen molar-refractivity contribution in [1.82, 2.24) is 10.4 Å². The van der Waals surface area contributed by atoms with Gasteiger partial charge in [0, 0.05) is 36.5 Å². The highest BCUT2D eigenvalue weighted by molar-refractivity contribution is 6.30. The van der Waals surface area contributed by atoms with Crippen LogP contribution in [0.15, 0.2) is 59.6 Å². The van der Waals surface area contributed by atoms with Crippen LogP contribution in [0.25, 0.3) is 0 Å². The van der Waals surface area contributed by atoms with E-state index in [1.165, 1.54) is 0 Å². The van der Waals surface area contributed by atoms with Crippen LogP contribution in [-0.4, -0.2) is 35.5 Å². The van der Waals surface area contributed by atoms with E-state index in [0.717, 1.165) is 17.0 Å². The molecule has 0 atom stereocenters. The molecule has 5 nitrogen and oxygen atoms in total. The van der Waals surface area contributed by atoms with Gasteiger partial charge in [0.15, 0.2) is 11.6 Å². The lowest BCUT2D eigenvalue weighted by molar-refractivity contribution is -0.138. The highest BCUT2D eigenvalue weighted by atomic mass is 35.5. The molecule has 1 fully saturated rings. The summed E-state index contributed by atoms with van der Waals surface area (Å²) in [7, 11) is 0. The molecule has 0 aliphatic carbocycles. The third kappa shape index (κ3) is 3.59. The number of piperidine rings is 1. The number of amides is 1. The standard InChI is InChI=1S/C20H20ClN3O2/c21-17-8-6-15(7-9-17)14-18(25)24-12-10-20(11-13-24)22-19(23-26-20)16-4-2-1-3-5-16/h1-9H,10-14H2,(H,22,23). The van der Waals surface area contributed by atoms with Crippen molar-refractivity contribution in [3.8, 4) is 0 Å². The third-order valence-corrected chi connectivity index (χ3v) is 5.12. The minimum atomic E-state index is -0.567. The molecule has 2 heterocycles. The van der Waals surface area contributed by atoms with Gasteiger partial charge in [-0.05, 0) is 17.7 Å². The summed E-state index contributed by atoms with van der Waals surface area (Å²) in [6, 6.07) is 17.3. The quantitative estimate of drug-likeness (QED) is 0.904. The van der Waals surface area contributed by atoms with Crippen molar-refractivity contribution in [3.05, 3.63) is 70.7 Å². The van der Waals surface area contributed by atoms with Crippen molar-refractivity contribution >= 4 is 23.3 Å². The van der Waals surface area contributed by atoms with E-state index in [1.807, 2.05) is 59.5 Å². The predicted molar refractivity (Wildman–Crippen MR) is 101 cm³/mol. The number of likely N-dealkylation sites (tertiary alicyclic amines) is 1.